The smallest absolute Gasteiger partial charge is 0.269 e. The zero-order chi connectivity index (χ0) is 15.1. The highest BCUT2D eigenvalue weighted by Gasteiger charge is 2.17. The topological polar surface area (TPSA) is 64.4 Å². The van der Waals surface area contributed by atoms with Crippen LogP contribution in [0.1, 0.15) is 50.6 Å². The summed E-state index contributed by atoms with van der Waals surface area (Å²) in [7, 11) is 0. The van der Waals surface area contributed by atoms with Crippen LogP contribution in [0.4, 0.5) is 5.69 Å². The summed E-state index contributed by atoms with van der Waals surface area (Å²) in [4.78, 5) is 10.6. The third-order valence-corrected chi connectivity index (χ3v) is 3.94. The van der Waals surface area contributed by atoms with Crippen LogP contribution < -0.4 is 5.32 Å². The SMILES string of the molecule is CCCC(NCCC1CCCO1)c1cccc([N+](=O)[O-])c1. The second-order valence-electron chi connectivity index (χ2n) is 5.57. The molecule has 1 heterocycles. The van der Waals surface area contributed by atoms with Gasteiger partial charge in [0.2, 0.25) is 0 Å². The molecule has 0 spiro atoms. The van der Waals surface area contributed by atoms with E-state index >= 15 is 0 Å². The first-order valence-corrected chi connectivity index (χ1v) is 7.80. The van der Waals surface area contributed by atoms with E-state index in [0.717, 1.165) is 50.8 Å². The molecule has 5 heteroatoms. The predicted molar refractivity (Wildman–Crippen MR) is 82.3 cm³/mol. The highest BCUT2D eigenvalue weighted by Crippen LogP contribution is 2.23. The summed E-state index contributed by atoms with van der Waals surface area (Å²) in [6.45, 7) is 3.90. The van der Waals surface area contributed by atoms with Crippen molar-refractivity contribution in [3.63, 3.8) is 0 Å². The lowest BCUT2D eigenvalue weighted by molar-refractivity contribution is -0.384. The van der Waals surface area contributed by atoms with Gasteiger partial charge >= 0.3 is 0 Å². The van der Waals surface area contributed by atoms with Crippen LogP contribution in [0, 0.1) is 10.1 Å². The molecule has 0 saturated carbocycles. The average Bonchev–Trinajstić information content (AvgIpc) is 3.00. The number of nitrogens with zero attached hydrogens (tertiary/aromatic N) is 1. The molecule has 0 aliphatic carbocycles. The summed E-state index contributed by atoms with van der Waals surface area (Å²) in [6, 6.07) is 7.12. The van der Waals surface area contributed by atoms with Crippen molar-refractivity contribution >= 4 is 5.69 Å². The second kappa shape index (κ2) is 8.10. The van der Waals surface area contributed by atoms with Crippen LogP contribution in [0.2, 0.25) is 0 Å². The summed E-state index contributed by atoms with van der Waals surface area (Å²) >= 11 is 0. The Hall–Kier alpha value is -1.46. The normalized spacial score (nSPS) is 19.6. The van der Waals surface area contributed by atoms with Gasteiger partial charge in [0.05, 0.1) is 11.0 Å². The number of benzene rings is 1. The molecule has 116 valence electrons. The molecule has 0 bridgehead atoms. The molecular formula is C16H24N2O3. The van der Waals surface area contributed by atoms with Crippen molar-refractivity contribution in [2.45, 2.75) is 51.2 Å². The molecule has 1 fully saturated rings. The maximum atomic E-state index is 10.9. The van der Waals surface area contributed by atoms with E-state index in [2.05, 4.69) is 12.2 Å². The summed E-state index contributed by atoms with van der Waals surface area (Å²) in [5, 5.41) is 14.4. The van der Waals surface area contributed by atoms with Crippen molar-refractivity contribution in [3.05, 3.63) is 39.9 Å². The lowest BCUT2D eigenvalue weighted by Gasteiger charge is -2.19. The minimum atomic E-state index is -0.334. The van der Waals surface area contributed by atoms with Crippen LogP contribution in [-0.2, 0) is 4.74 Å². The summed E-state index contributed by atoms with van der Waals surface area (Å²) < 4.78 is 5.62. The highest BCUT2D eigenvalue weighted by molar-refractivity contribution is 5.35. The minimum absolute atomic E-state index is 0.162. The number of non-ortho nitro benzene ring substituents is 1. The molecule has 1 aromatic rings. The summed E-state index contributed by atoms with van der Waals surface area (Å²) in [5.41, 5.74) is 1.16. The van der Waals surface area contributed by atoms with Gasteiger partial charge in [-0.25, -0.2) is 0 Å². The molecule has 1 aliphatic heterocycles. The van der Waals surface area contributed by atoms with Gasteiger partial charge < -0.3 is 10.1 Å². The maximum absolute atomic E-state index is 10.9. The Morgan fingerprint density at radius 1 is 1.52 bits per heavy atom. The van der Waals surface area contributed by atoms with Crippen molar-refractivity contribution in [1.82, 2.24) is 5.32 Å². The van der Waals surface area contributed by atoms with E-state index in [1.54, 1.807) is 18.2 Å². The molecule has 1 aromatic carbocycles. The lowest BCUT2D eigenvalue weighted by Crippen LogP contribution is -2.25. The third-order valence-electron chi connectivity index (χ3n) is 3.94. The second-order valence-corrected chi connectivity index (χ2v) is 5.57. The predicted octanol–water partition coefficient (Wildman–Crippen LogP) is 3.59. The zero-order valence-electron chi connectivity index (χ0n) is 12.6. The van der Waals surface area contributed by atoms with Gasteiger partial charge in [0.25, 0.3) is 5.69 Å². The molecule has 1 N–H and O–H groups in total. The number of nitro benzene ring substituents is 1. The molecule has 1 saturated heterocycles. The molecule has 1 aliphatic rings. The Bertz CT molecular complexity index is 459. The molecular weight excluding hydrogens is 268 g/mol. The van der Waals surface area contributed by atoms with Crippen LogP contribution in [0.5, 0.6) is 0 Å². The van der Waals surface area contributed by atoms with E-state index < -0.39 is 0 Å². The van der Waals surface area contributed by atoms with E-state index in [4.69, 9.17) is 4.74 Å². The van der Waals surface area contributed by atoms with E-state index in [0.29, 0.717) is 6.10 Å². The van der Waals surface area contributed by atoms with Crippen LogP contribution in [0.3, 0.4) is 0 Å². The number of ether oxygens (including phenoxy) is 1. The number of rotatable bonds is 8. The third kappa shape index (κ3) is 4.79. The Balaban J connectivity index is 1.93. The molecule has 2 rings (SSSR count). The average molecular weight is 292 g/mol. The van der Waals surface area contributed by atoms with Crippen molar-refractivity contribution in [2.75, 3.05) is 13.2 Å². The first kappa shape index (κ1) is 15.9. The minimum Gasteiger partial charge on any atom is -0.378 e. The van der Waals surface area contributed by atoms with Crippen LogP contribution in [0.15, 0.2) is 24.3 Å². The Morgan fingerprint density at radius 3 is 3.05 bits per heavy atom. The van der Waals surface area contributed by atoms with Crippen molar-refractivity contribution < 1.29 is 9.66 Å². The Morgan fingerprint density at radius 2 is 2.38 bits per heavy atom. The van der Waals surface area contributed by atoms with E-state index in [-0.39, 0.29) is 16.7 Å². The highest BCUT2D eigenvalue weighted by atomic mass is 16.6. The van der Waals surface area contributed by atoms with Gasteiger partial charge in [0, 0.05) is 24.8 Å². The van der Waals surface area contributed by atoms with E-state index in [1.165, 1.54) is 0 Å². The van der Waals surface area contributed by atoms with Gasteiger partial charge in [0.15, 0.2) is 0 Å². The van der Waals surface area contributed by atoms with E-state index in [1.807, 2.05) is 6.07 Å². The van der Waals surface area contributed by atoms with Gasteiger partial charge in [-0.3, -0.25) is 10.1 Å². The quantitative estimate of drug-likeness (QED) is 0.587. The summed E-state index contributed by atoms with van der Waals surface area (Å²) in [5.74, 6) is 0. The van der Waals surface area contributed by atoms with Gasteiger partial charge in [0.1, 0.15) is 0 Å². The largest absolute Gasteiger partial charge is 0.378 e. The molecule has 0 amide bonds. The zero-order valence-corrected chi connectivity index (χ0v) is 12.6. The van der Waals surface area contributed by atoms with Crippen molar-refractivity contribution in [3.8, 4) is 0 Å². The first-order valence-electron chi connectivity index (χ1n) is 7.80. The molecule has 21 heavy (non-hydrogen) atoms. The molecule has 0 radical (unpaired) electrons. The van der Waals surface area contributed by atoms with Crippen LogP contribution in [-0.4, -0.2) is 24.2 Å². The van der Waals surface area contributed by atoms with Crippen molar-refractivity contribution in [1.29, 1.82) is 0 Å². The fourth-order valence-electron chi connectivity index (χ4n) is 2.82. The fourth-order valence-corrected chi connectivity index (χ4v) is 2.82. The number of nitrogens with one attached hydrogen (secondary N) is 1. The fraction of sp³-hybridized carbons (Fsp3) is 0.625. The number of hydrogen-bond acceptors (Lipinski definition) is 4. The lowest BCUT2D eigenvalue weighted by atomic mass is 10.0. The Kier molecular flexibility index (Phi) is 6.14. The van der Waals surface area contributed by atoms with Gasteiger partial charge in [-0.2, -0.15) is 0 Å². The van der Waals surface area contributed by atoms with Crippen LogP contribution in [0.25, 0.3) is 0 Å². The van der Waals surface area contributed by atoms with Gasteiger partial charge in [-0.15, -0.1) is 0 Å². The van der Waals surface area contributed by atoms with Crippen LogP contribution >= 0.6 is 0 Å². The molecule has 2 unspecified atom stereocenters. The molecule has 0 aromatic heterocycles. The molecule has 2 atom stereocenters. The Labute approximate surface area is 125 Å². The number of nitro groups is 1. The van der Waals surface area contributed by atoms with E-state index in [9.17, 15) is 10.1 Å². The van der Waals surface area contributed by atoms with Gasteiger partial charge in [-0.1, -0.05) is 25.5 Å². The molecule has 5 nitrogen and oxygen atoms in total. The number of hydrogen-bond donors (Lipinski definition) is 1. The van der Waals surface area contributed by atoms with Crippen molar-refractivity contribution in [2.24, 2.45) is 0 Å². The maximum Gasteiger partial charge on any atom is 0.269 e. The standard InChI is InChI=1S/C16H24N2O3/c1-2-5-16(17-10-9-15-8-4-11-21-15)13-6-3-7-14(12-13)18(19)20/h3,6-7,12,15-17H,2,4-5,8-11H2,1H3. The first-order chi connectivity index (χ1) is 10.2. The van der Waals surface area contributed by atoms with Gasteiger partial charge in [-0.05, 0) is 37.8 Å². The summed E-state index contributed by atoms with van der Waals surface area (Å²) in [6.07, 6.45) is 5.72. The monoisotopic (exact) mass is 292 g/mol.